The second kappa shape index (κ2) is 4.65. The van der Waals surface area contributed by atoms with Crippen LogP contribution in [0.2, 0.25) is 0 Å². The van der Waals surface area contributed by atoms with Crippen LogP contribution in [0.15, 0.2) is 18.2 Å². The van der Waals surface area contributed by atoms with Crippen LogP contribution in [0.1, 0.15) is 25.8 Å². The summed E-state index contributed by atoms with van der Waals surface area (Å²) in [6, 6.07) is 5.29. The summed E-state index contributed by atoms with van der Waals surface area (Å²) in [4.78, 5) is 2.17. The zero-order chi connectivity index (χ0) is 12.5. The van der Waals surface area contributed by atoms with Crippen LogP contribution in [0.3, 0.4) is 0 Å². The fourth-order valence-corrected chi connectivity index (χ4v) is 2.57. The molecule has 3 heteroatoms. The van der Waals surface area contributed by atoms with E-state index < -0.39 is 0 Å². The van der Waals surface area contributed by atoms with Crippen LogP contribution in [0.4, 0.5) is 10.1 Å². The summed E-state index contributed by atoms with van der Waals surface area (Å²) < 4.78 is 14.0. The maximum Gasteiger partial charge on any atom is 0.146 e. The van der Waals surface area contributed by atoms with E-state index >= 15 is 0 Å². The first-order valence-electron chi connectivity index (χ1n) is 6.26. The molecule has 0 radical (unpaired) electrons. The predicted octanol–water partition coefficient (Wildman–Crippen LogP) is 2.56. The lowest BCUT2D eigenvalue weighted by atomic mass is 9.93. The number of hydrogen-bond acceptors (Lipinski definition) is 2. The lowest BCUT2D eigenvalue weighted by Crippen LogP contribution is -2.25. The largest absolute Gasteiger partial charge is 0.368 e. The molecule has 2 rings (SSSR count). The normalized spacial score (nSPS) is 18.7. The molecule has 1 fully saturated rings. The Labute approximate surface area is 103 Å². The summed E-state index contributed by atoms with van der Waals surface area (Å²) in [6.45, 7) is 6.89. The zero-order valence-corrected chi connectivity index (χ0v) is 10.7. The maximum absolute atomic E-state index is 14.0. The second-order valence-electron chi connectivity index (χ2n) is 5.62. The molecule has 1 aromatic carbocycles. The smallest absolute Gasteiger partial charge is 0.146 e. The number of rotatable bonds is 3. The summed E-state index contributed by atoms with van der Waals surface area (Å²) >= 11 is 0. The molecule has 0 spiro atoms. The summed E-state index contributed by atoms with van der Waals surface area (Å²) in [5, 5.41) is 0. The molecule has 1 saturated heterocycles. The molecule has 1 aliphatic heterocycles. The van der Waals surface area contributed by atoms with Gasteiger partial charge >= 0.3 is 0 Å². The number of hydrogen-bond donors (Lipinski definition) is 1. The van der Waals surface area contributed by atoms with Gasteiger partial charge in [-0.15, -0.1) is 0 Å². The van der Waals surface area contributed by atoms with Crippen molar-refractivity contribution >= 4 is 5.69 Å². The van der Waals surface area contributed by atoms with E-state index in [4.69, 9.17) is 5.73 Å². The van der Waals surface area contributed by atoms with E-state index in [0.717, 1.165) is 37.2 Å². The van der Waals surface area contributed by atoms with Crippen molar-refractivity contribution < 1.29 is 4.39 Å². The molecule has 0 bridgehead atoms. The van der Waals surface area contributed by atoms with E-state index in [1.807, 2.05) is 6.07 Å². The molecule has 1 heterocycles. The Morgan fingerprint density at radius 2 is 2.18 bits per heavy atom. The summed E-state index contributed by atoms with van der Waals surface area (Å²) in [5.41, 5.74) is 7.67. The predicted molar refractivity (Wildman–Crippen MR) is 69.8 cm³/mol. The van der Waals surface area contributed by atoms with Crippen molar-refractivity contribution in [3.05, 3.63) is 29.6 Å². The molecule has 0 saturated carbocycles. The second-order valence-corrected chi connectivity index (χ2v) is 5.62. The molecule has 1 aromatic rings. The van der Waals surface area contributed by atoms with Gasteiger partial charge < -0.3 is 10.6 Å². The SMILES string of the molecule is CC1(C)CCN(c2c(F)cccc2CCN)C1. The van der Waals surface area contributed by atoms with E-state index in [0.29, 0.717) is 6.54 Å². The van der Waals surface area contributed by atoms with Crippen molar-refractivity contribution in [3.8, 4) is 0 Å². The summed E-state index contributed by atoms with van der Waals surface area (Å²) in [6.07, 6.45) is 1.85. The Balaban J connectivity index is 2.31. The average molecular weight is 236 g/mol. The van der Waals surface area contributed by atoms with E-state index in [1.54, 1.807) is 12.1 Å². The Bertz CT molecular complexity index is 401. The molecule has 94 valence electrons. The maximum atomic E-state index is 14.0. The number of anilines is 1. The first kappa shape index (κ1) is 12.4. The number of benzene rings is 1. The van der Waals surface area contributed by atoms with Crippen molar-refractivity contribution in [2.75, 3.05) is 24.5 Å². The minimum absolute atomic E-state index is 0.117. The first-order valence-corrected chi connectivity index (χ1v) is 6.26. The van der Waals surface area contributed by atoms with E-state index in [9.17, 15) is 4.39 Å². The van der Waals surface area contributed by atoms with Gasteiger partial charge in [0.1, 0.15) is 5.82 Å². The van der Waals surface area contributed by atoms with E-state index in [-0.39, 0.29) is 11.2 Å². The molecule has 0 atom stereocenters. The van der Waals surface area contributed by atoms with Gasteiger partial charge in [-0.1, -0.05) is 26.0 Å². The molecule has 0 aliphatic carbocycles. The van der Waals surface area contributed by atoms with Crippen molar-refractivity contribution in [2.24, 2.45) is 11.1 Å². The first-order chi connectivity index (χ1) is 8.03. The third-order valence-electron chi connectivity index (χ3n) is 3.48. The number of halogens is 1. The fraction of sp³-hybridized carbons (Fsp3) is 0.571. The Hall–Kier alpha value is -1.09. The summed E-state index contributed by atoms with van der Waals surface area (Å²) in [7, 11) is 0. The molecule has 2 nitrogen and oxygen atoms in total. The highest BCUT2D eigenvalue weighted by atomic mass is 19.1. The van der Waals surface area contributed by atoms with Gasteiger partial charge in [0.25, 0.3) is 0 Å². The van der Waals surface area contributed by atoms with Gasteiger partial charge in [-0.3, -0.25) is 0 Å². The van der Waals surface area contributed by atoms with Crippen molar-refractivity contribution in [3.63, 3.8) is 0 Å². The molecule has 0 amide bonds. The van der Waals surface area contributed by atoms with E-state index in [1.165, 1.54) is 0 Å². The number of para-hydroxylation sites is 1. The van der Waals surface area contributed by atoms with Crippen molar-refractivity contribution in [2.45, 2.75) is 26.7 Å². The van der Waals surface area contributed by atoms with Gasteiger partial charge in [0.05, 0.1) is 5.69 Å². The van der Waals surface area contributed by atoms with Crippen LogP contribution >= 0.6 is 0 Å². The number of nitrogens with zero attached hydrogens (tertiary/aromatic N) is 1. The molecule has 17 heavy (non-hydrogen) atoms. The minimum Gasteiger partial charge on any atom is -0.368 e. The zero-order valence-electron chi connectivity index (χ0n) is 10.7. The lowest BCUT2D eigenvalue weighted by molar-refractivity contribution is 0.418. The highest BCUT2D eigenvalue weighted by Crippen LogP contribution is 2.35. The molecular weight excluding hydrogens is 215 g/mol. The van der Waals surface area contributed by atoms with Gasteiger partial charge in [-0.25, -0.2) is 4.39 Å². The van der Waals surface area contributed by atoms with Crippen LogP contribution in [0.25, 0.3) is 0 Å². The van der Waals surface area contributed by atoms with Crippen LogP contribution in [-0.2, 0) is 6.42 Å². The third-order valence-corrected chi connectivity index (χ3v) is 3.48. The Kier molecular flexibility index (Phi) is 3.38. The van der Waals surface area contributed by atoms with Crippen LogP contribution in [0, 0.1) is 11.2 Å². The Morgan fingerprint density at radius 1 is 1.41 bits per heavy atom. The highest BCUT2D eigenvalue weighted by Gasteiger charge is 2.31. The number of nitrogens with two attached hydrogens (primary N) is 1. The monoisotopic (exact) mass is 236 g/mol. The topological polar surface area (TPSA) is 29.3 Å². The van der Waals surface area contributed by atoms with Crippen LogP contribution in [-0.4, -0.2) is 19.6 Å². The minimum atomic E-state index is -0.117. The van der Waals surface area contributed by atoms with Gasteiger partial charge in [0, 0.05) is 13.1 Å². The highest BCUT2D eigenvalue weighted by molar-refractivity contribution is 5.56. The molecular formula is C14H21FN2. The van der Waals surface area contributed by atoms with Gasteiger partial charge in [0.2, 0.25) is 0 Å². The molecule has 2 N–H and O–H groups in total. The third kappa shape index (κ3) is 2.60. The average Bonchev–Trinajstić information content (AvgIpc) is 2.59. The van der Waals surface area contributed by atoms with Crippen molar-refractivity contribution in [1.29, 1.82) is 0 Å². The molecule has 1 aliphatic rings. The van der Waals surface area contributed by atoms with Gasteiger partial charge in [0.15, 0.2) is 0 Å². The molecule has 0 aromatic heterocycles. The van der Waals surface area contributed by atoms with Gasteiger partial charge in [-0.05, 0) is 36.4 Å². The standard InChI is InChI=1S/C14H21FN2/c1-14(2)7-9-17(10-14)13-11(6-8-16)4-3-5-12(13)15/h3-5H,6-10,16H2,1-2H3. The Morgan fingerprint density at radius 3 is 2.76 bits per heavy atom. The van der Waals surface area contributed by atoms with Crippen molar-refractivity contribution in [1.82, 2.24) is 0 Å². The quantitative estimate of drug-likeness (QED) is 0.874. The van der Waals surface area contributed by atoms with Crippen LogP contribution in [0.5, 0.6) is 0 Å². The van der Waals surface area contributed by atoms with E-state index in [2.05, 4.69) is 18.7 Å². The fourth-order valence-electron chi connectivity index (χ4n) is 2.57. The summed E-state index contributed by atoms with van der Waals surface area (Å²) in [5.74, 6) is -0.117. The molecule has 0 unspecified atom stereocenters. The lowest BCUT2D eigenvalue weighted by Gasteiger charge is -2.24. The van der Waals surface area contributed by atoms with Crippen LogP contribution < -0.4 is 10.6 Å². The van der Waals surface area contributed by atoms with Gasteiger partial charge in [-0.2, -0.15) is 0 Å².